The van der Waals surface area contributed by atoms with E-state index < -0.39 is 0 Å². The maximum absolute atomic E-state index is 9.31. The standard InChI is InChI=1S/C15H27N3O/c1-13(2)17-15(12-19)7-11-18(3)10-6-14-4-8-16-9-5-14/h4-5,8-9,13,15,17,19H,6-7,10-12H2,1-3H3. The highest BCUT2D eigenvalue weighted by Gasteiger charge is 2.09. The van der Waals surface area contributed by atoms with Gasteiger partial charge in [-0.3, -0.25) is 4.98 Å². The summed E-state index contributed by atoms with van der Waals surface area (Å²) in [4.78, 5) is 6.33. The predicted octanol–water partition coefficient (Wildman–Crippen LogP) is 1.30. The third kappa shape index (κ3) is 7.25. The van der Waals surface area contributed by atoms with E-state index in [1.54, 1.807) is 0 Å². The molecule has 1 heterocycles. The number of hydrogen-bond acceptors (Lipinski definition) is 4. The van der Waals surface area contributed by atoms with Crippen molar-refractivity contribution in [2.75, 3.05) is 26.7 Å². The molecule has 0 aliphatic carbocycles. The Kier molecular flexibility index (Phi) is 7.63. The molecule has 0 saturated heterocycles. The summed E-state index contributed by atoms with van der Waals surface area (Å²) in [6.45, 7) is 6.45. The average Bonchev–Trinajstić information content (AvgIpc) is 2.42. The van der Waals surface area contributed by atoms with Crippen LogP contribution in [0, 0.1) is 0 Å². The van der Waals surface area contributed by atoms with Gasteiger partial charge < -0.3 is 15.3 Å². The second-order valence-electron chi connectivity index (χ2n) is 5.40. The van der Waals surface area contributed by atoms with E-state index in [0.29, 0.717) is 6.04 Å². The van der Waals surface area contributed by atoms with Gasteiger partial charge in [-0.25, -0.2) is 0 Å². The fourth-order valence-electron chi connectivity index (χ4n) is 2.06. The maximum Gasteiger partial charge on any atom is 0.0585 e. The molecule has 4 heteroatoms. The third-order valence-corrected chi connectivity index (χ3v) is 3.18. The van der Waals surface area contributed by atoms with Gasteiger partial charge in [0.05, 0.1) is 6.61 Å². The lowest BCUT2D eigenvalue weighted by Gasteiger charge is -2.23. The summed E-state index contributed by atoms with van der Waals surface area (Å²) in [7, 11) is 2.13. The van der Waals surface area contributed by atoms with Crippen LogP contribution < -0.4 is 5.32 Å². The summed E-state index contributed by atoms with van der Waals surface area (Å²) in [5, 5.41) is 12.7. The lowest BCUT2D eigenvalue weighted by Crippen LogP contribution is -2.40. The van der Waals surface area contributed by atoms with Gasteiger partial charge in [0.2, 0.25) is 0 Å². The number of likely N-dealkylation sites (N-methyl/N-ethyl adjacent to an activating group) is 1. The minimum atomic E-state index is 0.198. The first-order chi connectivity index (χ1) is 9.11. The molecule has 0 fully saturated rings. The van der Waals surface area contributed by atoms with Crippen molar-refractivity contribution < 1.29 is 5.11 Å². The van der Waals surface area contributed by atoms with E-state index in [0.717, 1.165) is 25.9 Å². The van der Waals surface area contributed by atoms with E-state index in [2.05, 4.69) is 48.2 Å². The van der Waals surface area contributed by atoms with Crippen LogP contribution >= 0.6 is 0 Å². The van der Waals surface area contributed by atoms with Gasteiger partial charge in [0, 0.05) is 31.0 Å². The maximum atomic E-state index is 9.31. The number of aliphatic hydroxyl groups is 1. The number of aromatic nitrogens is 1. The fourth-order valence-corrected chi connectivity index (χ4v) is 2.06. The van der Waals surface area contributed by atoms with E-state index in [-0.39, 0.29) is 12.6 Å². The largest absolute Gasteiger partial charge is 0.395 e. The number of aliphatic hydroxyl groups excluding tert-OH is 1. The van der Waals surface area contributed by atoms with Crippen molar-refractivity contribution in [3.8, 4) is 0 Å². The molecule has 1 aromatic rings. The Balaban J connectivity index is 2.21. The average molecular weight is 265 g/mol. The van der Waals surface area contributed by atoms with E-state index in [1.165, 1.54) is 5.56 Å². The topological polar surface area (TPSA) is 48.4 Å². The van der Waals surface area contributed by atoms with Gasteiger partial charge in [-0.1, -0.05) is 13.8 Å². The molecular formula is C15H27N3O. The number of hydrogen-bond donors (Lipinski definition) is 2. The Morgan fingerprint density at radius 2 is 1.95 bits per heavy atom. The summed E-state index contributed by atoms with van der Waals surface area (Å²) in [6, 6.07) is 4.73. The Labute approximate surface area is 116 Å². The van der Waals surface area contributed by atoms with Crippen molar-refractivity contribution >= 4 is 0 Å². The zero-order valence-electron chi connectivity index (χ0n) is 12.3. The summed E-state index contributed by atoms with van der Waals surface area (Å²) in [5.41, 5.74) is 1.32. The molecule has 0 aliphatic rings. The highest BCUT2D eigenvalue weighted by molar-refractivity contribution is 5.09. The summed E-state index contributed by atoms with van der Waals surface area (Å²) in [5.74, 6) is 0. The minimum absolute atomic E-state index is 0.198. The zero-order chi connectivity index (χ0) is 14.1. The van der Waals surface area contributed by atoms with Crippen LogP contribution in [-0.4, -0.2) is 53.8 Å². The molecule has 19 heavy (non-hydrogen) atoms. The monoisotopic (exact) mass is 265 g/mol. The van der Waals surface area contributed by atoms with Crippen LogP contribution in [0.1, 0.15) is 25.8 Å². The first-order valence-electron chi connectivity index (χ1n) is 7.06. The molecule has 0 radical (unpaired) electrons. The van der Waals surface area contributed by atoms with Gasteiger partial charge in [0.25, 0.3) is 0 Å². The molecule has 1 rings (SSSR count). The van der Waals surface area contributed by atoms with Crippen molar-refractivity contribution in [1.82, 2.24) is 15.2 Å². The second-order valence-corrected chi connectivity index (χ2v) is 5.40. The number of nitrogens with one attached hydrogen (secondary N) is 1. The van der Waals surface area contributed by atoms with Crippen molar-refractivity contribution in [2.24, 2.45) is 0 Å². The van der Waals surface area contributed by atoms with Crippen LogP contribution in [0.2, 0.25) is 0 Å². The Morgan fingerprint density at radius 3 is 2.53 bits per heavy atom. The highest BCUT2D eigenvalue weighted by atomic mass is 16.3. The fraction of sp³-hybridized carbons (Fsp3) is 0.667. The van der Waals surface area contributed by atoms with E-state index >= 15 is 0 Å². The molecule has 108 valence electrons. The van der Waals surface area contributed by atoms with Crippen LogP contribution in [0.3, 0.4) is 0 Å². The SMILES string of the molecule is CC(C)NC(CO)CCN(C)CCc1ccncc1. The van der Waals surface area contributed by atoms with Crippen LogP contribution in [0.15, 0.2) is 24.5 Å². The summed E-state index contributed by atoms with van der Waals surface area (Å²) < 4.78 is 0. The van der Waals surface area contributed by atoms with Gasteiger partial charge in [-0.15, -0.1) is 0 Å². The zero-order valence-corrected chi connectivity index (χ0v) is 12.3. The van der Waals surface area contributed by atoms with Gasteiger partial charge in [-0.05, 0) is 44.1 Å². The van der Waals surface area contributed by atoms with Crippen molar-refractivity contribution in [3.63, 3.8) is 0 Å². The van der Waals surface area contributed by atoms with Crippen molar-refractivity contribution in [2.45, 2.75) is 38.8 Å². The lowest BCUT2D eigenvalue weighted by atomic mass is 10.1. The van der Waals surface area contributed by atoms with Crippen LogP contribution in [0.4, 0.5) is 0 Å². The third-order valence-electron chi connectivity index (χ3n) is 3.18. The number of rotatable bonds is 9. The Morgan fingerprint density at radius 1 is 1.26 bits per heavy atom. The van der Waals surface area contributed by atoms with Crippen molar-refractivity contribution in [1.29, 1.82) is 0 Å². The van der Waals surface area contributed by atoms with Crippen LogP contribution in [0.5, 0.6) is 0 Å². The molecule has 0 saturated carbocycles. The molecule has 1 unspecified atom stereocenters. The number of pyridine rings is 1. The lowest BCUT2D eigenvalue weighted by molar-refractivity contribution is 0.211. The molecule has 0 amide bonds. The molecule has 1 aromatic heterocycles. The molecule has 4 nitrogen and oxygen atoms in total. The predicted molar refractivity (Wildman–Crippen MR) is 79.2 cm³/mol. The van der Waals surface area contributed by atoms with E-state index in [9.17, 15) is 5.11 Å². The normalized spacial score (nSPS) is 13.2. The Hall–Kier alpha value is -0.970. The molecule has 2 N–H and O–H groups in total. The van der Waals surface area contributed by atoms with E-state index in [1.807, 2.05) is 12.4 Å². The van der Waals surface area contributed by atoms with Gasteiger partial charge in [0.1, 0.15) is 0 Å². The van der Waals surface area contributed by atoms with Gasteiger partial charge in [-0.2, -0.15) is 0 Å². The minimum Gasteiger partial charge on any atom is -0.395 e. The molecule has 0 spiro atoms. The molecule has 0 aliphatic heterocycles. The smallest absolute Gasteiger partial charge is 0.0585 e. The van der Waals surface area contributed by atoms with Gasteiger partial charge >= 0.3 is 0 Å². The van der Waals surface area contributed by atoms with Crippen LogP contribution in [0.25, 0.3) is 0 Å². The summed E-state index contributed by atoms with van der Waals surface area (Å²) in [6.07, 6.45) is 5.69. The number of nitrogens with zero attached hydrogens (tertiary/aromatic N) is 2. The first kappa shape index (κ1) is 16.1. The Bertz CT molecular complexity index is 329. The quantitative estimate of drug-likeness (QED) is 0.707. The summed E-state index contributed by atoms with van der Waals surface area (Å²) >= 11 is 0. The molecule has 0 bridgehead atoms. The van der Waals surface area contributed by atoms with Gasteiger partial charge in [0.15, 0.2) is 0 Å². The van der Waals surface area contributed by atoms with Crippen LogP contribution in [-0.2, 0) is 6.42 Å². The highest BCUT2D eigenvalue weighted by Crippen LogP contribution is 2.01. The molecule has 1 atom stereocenters. The molecule has 0 aromatic carbocycles. The van der Waals surface area contributed by atoms with Crippen molar-refractivity contribution in [3.05, 3.63) is 30.1 Å². The first-order valence-corrected chi connectivity index (χ1v) is 7.06. The molecular weight excluding hydrogens is 238 g/mol. The second kappa shape index (κ2) is 9.02. The van der Waals surface area contributed by atoms with E-state index in [4.69, 9.17) is 0 Å².